The molecule has 0 unspecified atom stereocenters. The van der Waals surface area contributed by atoms with Gasteiger partial charge in [-0.2, -0.15) is 0 Å². The predicted molar refractivity (Wildman–Crippen MR) is 56.9 cm³/mol. The van der Waals surface area contributed by atoms with E-state index in [-0.39, 0.29) is 5.69 Å². The number of nitrogens with zero attached hydrogens (tertiary/aromatic N) is 2. The van der Waals surface area contributed by atoms with Crippen molar-refractivity contribution in [1.82, 2.24) is 9.55 Å². The van der Waals surface area contributed by atoms with Crippen molar-refractivity contribution < 1.29 is 8.78 Å². The standard InChI is InChI=1S/C11H11F2N3/c1-16-7-14-5-8(16)6-15-11-9(12)3-2-4-10(11)13/h2-5,7,15H,6H2,1H3. The Kier molecular flexibility index (Phi) is 2.85. The molecule has 0 saturated carbocycles. The number of anilines is 1. The van der Waals surface area contributed by atoms with E-state index in [9.17, 15) is 8.78 Å². The van der Waals surface area contributed by atoms with E-state index in [0.29, 0.717) is 6.54 Å². The van der Waals surface area contributed by atoms with E-state index >= 15 is 0 Å². The van der Waals surface area contributed by atoms with Gasteiger partial charge >= 0.3 is 0 Å². The van der Waals surface area contributed by atoms with Crippen LogP contribution in [0.25, 0.3) is 0 Å². The third kappa shape index (κ3) is 2.03. The molecule has 16 heavy (non-hydrogen) atoms. The van der Waals surface area contributed by atoms with Crippen LogP contribution in [-0.4, -0.2) is 9.55 Å². The summed E-state index contributed by atoms with van der Waals surface area (Å²) in [5.74, 6) is -1.19. The zero-order valence-corrected chi connectivity index (χ0v) is 8.74. The van der Waals surface area contributed by atoms with E-state index in [4.69, 9.17) is 0 Å². The molecule has 0 bridgehead atoms. The van der Waals surface area contributed by atoms with E-state index in [1.165, 1.54) is 18.2 Å². The first-order valence-corrected chi connectivity index (χ1v) is 4.81. The molecular formula is C11H11F2N3. The molecule has 0 spiro atoms. The van der Waals surface area contributed by atoms with Crippen LogP contribution in [0.5, 0.6) is 0 Å². The summed E-state index contributed by atoms with van der Waals surface area (Å²) in [7, 11) is 1.82. The maximum absolute atomic E-state index is 13.3. The van der Waals surface area contributed by atoms with Crippen LogP contribution in [0.4, 0.5) is 14.5 Å². The van der Waals surface area contributed by atoms with Crippen LogP contribution in [0.3, 0.4) is 0 Å². The number of aryl methyl sites for hydroxylation is 1. The van der Waals surface area contributed by atoms with Crippen LogP contribution < -0.4 is 5.32 Å². The summed E-state index contributed by atoms with van der Waals surface area (Å²) in [6.45, 7) is 0.328. The number of hydrogen-bond donors (Lipinski definition) is 1. The molecule has 5 heteroatoms. The average Bonchev–Trinajstić information content (AvgIpc) is 2.64. The monoisotopic (exact) mass is 223 g/mol. The normalized spacial score (nSPS) is 10.4. The first-order chi connectivity index (χ1) is 7.68. The van der Waals surface area contributed by atoms with Gasteiger partial charge in [-0.3, -0.25) is 0 Å². The summed E-state index contributed by atoms with van der Waals surface area (Å²) in [4.78, 5) is 3.91. The molecule has 2 rings (SSSR count). The van der Waals surface area contributed by atoms with Crippen molar-refractivity contribution >= 4 is 5.69 Å². The number of aromatic nitrogens is 2. The number of halogens is 2. The average molecular weight is 223 g/mol. The first kappa shape index (κ1) is 10.6. The summed E-state index contributed by atoms with van der Waals surface area (Å²) >= 11 is 0. The fourth-order valence-electron chi connectivity index (χ4n) is 1.40. The fraction of sp³-hybridized carbons (Fsp3) is 0.182. The zero-order valence-electron chi connectivity index (χ0n) is 8.74. The Balaban J connectivity index is 2.14. The third-order valence-corrected chi connectivity index (χ3v) is 2.33. The molecule has 1 heterocycles. The van der Waals surface area contributed by atoms with Gasteiger partial charge in [0.2, 0.25) is 0 Å². The van der Waals surface area contributed by atoms with E-state index in [1.54, 1.807) is 17.1 Å². The summed E-state index contributed by atoms with van der Waals surface area (Å²) in [5, 5.41) is 2.71. The van der Waals surface area contributed by atoms with Gasteiger partial charge in [-0.15, -0.1) is 0 Å². The summed E-state index contributed by atoms with van der Waals surface area (Å²) < 4.78 is 28.3. The molecule has 84 valence electrons. The Morgan fingerprint density at radius 2 is 2.00 bits per heavy atom. The number of hydrogen-bond acceptors (Lipinski definition) is 2. The van der Waals surface area contributed by atoms with Gasteiger partial charge in [0.05, 0.1) is 18.6 Å². The number of benzene rings is 1. The minimum Gasteiger partial charge on any atom is -0.375 e. The van der Waals surface area contributed by atoms with Crippen molar-refractivity contribution in [3.63, 3.8) is 0 Å². The number of nitrogens with one attached hydrogen (secondary N) is 1. The summed E-state index contributed by atoms with van der Waals surface area (Å²) in [6.07, 6.45) is 3.28. The predicted octanol–water partition coefficient (Wildman–Crippen LogP) is 2.31. The number of rotatable bonds is 3. The Hall–Kier alpha value is -1.91. The van der Waals surface area contributed by atoms with Crippen LogP contribution in [0, 0.1) is 11.6 Å². The molecule has 0 saturated heterocycles. The summed E-state index contributed by atoms with van der Waals surface area (Å²) in [5.41, 5.74) is 0.742. The largest absolute Gasteiger partial charge is 0.375 e. The van der Waals surface area contributed by atoms with Crippen LogP contribution >= 0.6 is 0 Å². The van der Waals surface area contributed by atoms with E-state index in [0.717, 1.165) is 5.69 Å². The van der Waals surface area contributed by atoms with Crippen molar-refractivity contribution in [2.75, 3.05) is 5.32 Å². The molecule has 0 amide bonds. The zero-order chi connectivity index (χ0) is 11.5. The quantitative estimate of drug-likeness (QED) is 0.865. The van der Waals surface area contributed by atoms with Crippen molar-refractivity contribution in [2.45, 2.75) is 6.54 Å². The lowest BCUT2D eigenvalue weighted by atomic mass is 10.3. The van der Waals surface area contributed by atoms with Gasteiger partial charge in [0, 0.05) is 13.2 Å². The molecule has 0 aliphatic carbocycles. The molecule has 1 N–H and O–H groups in total. The topological polar surface area (TPSA) is 29.9 Å². The van der Waals surface area contributed by atoms with E-state index < -0.39 is 11.6 Å². The second kappa shape index (κ2) is 4.30. The summed E-state index contributed by atoms with van der Waals surface area (Å²) in [6, 6.07) is 3.77. The van der Waals surface area contributed by atoms with E-state index in [1.807, 2.05) is 7.05 Å². The van der Waals surface area contributed by atoms with Crippen molar-refractivity contribution in [1.29, 1.82) is 0 Å². The van der Waals surface area contributed by atoms with Crippen molar-refractivity contribution in [3.05, 3.63) is 48.1 Å². The number of imidazole rings is 1. The highest BCUT2D eigenvalue weighted by Gasteiger charge is 2.08. The van der Waals surface area contributed by atoms with Gasteiger partial charge in [-0.05, 0) is 12.1 Å². The third-order valence-electron chi connectivity index (χ3n) is 2.33. The maximum atomic E-state index is 13.3. The van der Waals surface area contributed by atoms with Crippen LogP contribution in [0.15, 0.2) is 30.7 Å². The highest BCUT2D eigenvalue weighted by molar-refractivity contribution is 5.46. The van der Waals surface area contributed by atoms with E-state index in [2.05, 4.69) is 10.3 Å². The van der Waals surface area contributed by atoms with Gasteiger partial charge in [0.1, 0.15) is 17.3 Å². The first-order valence-electron chi connectivity index (χ1n) is 4.81. The van der Waals surface area contributed by atoms with Crippen molar-refractivity contribution in [2.24, 2.45) is 7.05 Å². The van der Waals surface area contributed by atoms with Crippen molar-refractivity contribution in [3.8, 4) is 0 Å². The Morgan fingerprint density at radius 3 is 2.56 bits per heavy atom. The Morgan fingerprint density at radius 1 is 1.31 bits per heavy atom. The molecule has 2 aromatic rings. The smallest absolute Gasteiger partial charge is 0.149 e. The van der Waals surface area contributed by atoms with Crippen LogP contribution in [-0.2, 0) is 13.6 Å². The lowest BCUT2D eigenvalue weighted by Crippen LogP contribution is -2.06. The number of para-hydroxylation sites is 1. The molecular weight excluding hydrogens is 212 g/mol. The molecule has 1 aromatic heterocycles. The van der Waals surface area contributed by atoms with Crippen LogP contribution in [0.1, 0.15) is 5.69 Å². The van der Waals surface area contributed by atoms with Gasteiger partial charge in [0.25, 0.3) is 0 Å². The second-order valence-electron chi connectivity index (χ2n) is 3.45. The highest BCUT2D eigenvalue weighted by atomic mass is 19.1. The highest BCUT2D eigenvalue weighted by Crippen LogP contribution is 2.18. The Labute approximate surface area is 91.7 Å². The lowest BCUT2D eigenvalue weighted by molar-refractivity contribution is 0.587. The SMILES string of the molecule is Cn1cncc1CNc1c(F)cccc1F. The lowest BCUT2D eigenvalue weighted by Gasteiger charge is -2.08. The molecule has 3 nitrogen and oxygen atoms in total. The molecule has 1 aromatic carbocycles. The van der Waals surface area contributed by atoms with Gasteiger partial charge < -0.3 is 9.88 Å². The molecule has 0 atom stereocenters. The van der Waals surface area contributed by atoms with Gasteiger partial charge in [0.15, 0.2) is 0 Å². The second-order valence-corrected chi connectivity index (χ2v) is 3.45. The molecule has 0 aliphatic heterocycles. The van der Waals surface area contributed by atoms with Gasteiger partial charge in [-0.25, -0.2) is 13.8 Å². The Bertz CT molecular complexity index is 473. The molecule has 0 radical (unpaired) electrons. The maximum Gasteiger partial charge on any atom is 0.149 e. The fourth-order valence-corrected chi connectivity index (χ4v) is 1.40. The molecule has 0 fully saturated rings. The molecule has 0 aliphatic rings. The van der Waals surface area contributed by atoms with Crippen LogP contribution in [0.2, 0.25) is 0 Å². The minimum absolute atomic E-state index is 0.108. The minimum atomic E-state index is -0.595. The van der Waals surface area contributed by atoms with Gasteiger partial charge in [-0.1, -0.05) is 6.07 Å².